The van der Waals surface area contributed by atoms with Crippen LogP contribution in [0.25, 0.3) is 0 Å². The van der Waals surface area contributed by atoms with Gasteiger partial charge in [0.05, 0.1) is 0 Å². The van der Waals surface area contributed by atoms with E-state index in [0.29, 0.717) is 11.7 Å². The van der Waals surface area contributed by atoms with E-state index < -0.39 is 0 Å². The molecule has 0 N–H and O–H groups in total. The smallest absolute Gasteiger partial charge is 0.132 e. The largest absolute Gasteiger partial charge is 0.300 e. The summed E-state index contributed by atoms with van der Waals surface area (Å²) in [5, 5.41) is 0. The molecule has 1 heteroatoms. The summed E-state index contributed by atoms with van der Waals surface area (Å²) in [6, 6.07) is 0. The Balaban J connectivity index is 1.94. The second-order valence-electron chi connectivity index (χ2n) is 3.88. The minimum absolute atomic E-state index is 0.422. The maximum absolute atomic E-state index is 11.0. The standard InChI is InChI=1S/C9H14O/c1-6(10)7-2-3-8-5-9(8)4-7/h7-9H,2-5H2,1H3. The third-order valence-electron chi connectivity index (χ3n) is 3.12. The second kappa shape index (κ2) is 2.08. The molecule has 2 fully saturated rings. The molecule has 0 aliphatic heterocycles. The molecular weight excluding hydrogens is 124 g/mol. The van der Waals surface area contributed by atoms with Crippen LogP contribution >= 0.6 is 0 Å². The van der Waals surface area contributed by atoms with E-state index in [4.69, 9.17) is 0 Å². The van der Waals surface area contributed by atoms with Gasteiger partial charge < -0.3 is 0 Å². The number of hydrogen-bond acceptors (Lipinski definition) is 1. The average molecular weight is 138 g/mol. The van der Waals surface area contributed by atoms with E-state index in [1.54, 1.807) is 6.92 Å². The van der Waals surface area contributed by atoms with E-state index in [-0.39, 0.29) is 0 Å². The normalized spacial score (nSPS) is 44.3. The quantitative estimate of drug-likeness (QED) is 0.541. The number of fused-ring (bicyclic) bond motifs is 1. The SMILES string of the molecule is CC(=O)C1CCC2CC2C1. The van der Waals surface area contributed by atoms with Gasteiger partial charge in [0.1, 0.15) is 5.78 Å². The Labute approximate surface area is 61.8 Å². The zero-order valence-corrected chi connectivity index (χ0v) is 6.47. The molecule has 2 rings (SSSR count). The third kappa shape index (κ3) is 0.979. The monoisotopic (exact) mass is 138 g/mol. The lowest BCUT2D eigenvalue weighted by molar-refractivity contribution is -0.121. The Morgan fingerprint density at radius 1 is 1.20 bits per heavy atom. The van der Waals surface area contributed by atoms with Crippen molar-refractivity contribution in [3.05, 3.63) is 0 Å². The van der Waals surface area contributed by atoms with Crippen LogP contribution in [0.5, 0.6) is 0 Å². The van der Waals surface area contributed by atoms with Crippen LogP contribution in [0, 0.1) is 17.8 Å². The van der Waals surface area contributed by atoms with Crippen molar-refractivity contribution in [1.29, 1.82) is 0 Å². The highest BCUT2D eigenvalue weighted by Gasteiger charge is 2.42. The highest BCUT2D eigenvalue weighted by Crippen LogP contribution is 2.51. The molecule has 0 aromatic heterocycles. The van der Waals surface area contributed by atoms with Crippen molar-refractivity contribution < 1.29 is 4.79 Å². The molecule has 0 saturated heterocycles. The summed E-state index contributed by atoms with van der Waals surface area (Å²) in [4.78, 5) is 11.0. The van der Waals surface area contributed by atoms with Gasteiger partial charge in [0.15, 0.2) is 0 Å². The van der Waals surface area contributed by atoms with Crippen LogP contribution in [0.1, 0.15) is 32.6 Å². The summed E-state index contributed by atoms with van der Waals surface area (Å²) in [5.74, 6) is 2.83. The number of ketones is 1. The topological polar surface area (TPSA) is 17.1 Å². The maximum atomic E-state index is 11.0. The van der Waals surface area contributed by atoms with Crippen molar-refractivity contribution >= 4 is 5.78 Å². The van der Waals surface area contributed by atoms with Crippen molar-refractivity contribution in [3.63, 3.8) is 0 Å². The lowest BCUT2D eigenvalue weighted by Crippen LogP contribution is -2.15. The number of Topliss-reactive ketones (excluding diaryl/α,β-unsaturated/α-hetero) is 1. The summed E-state index contributed by atoms with van der Waals surface area (Å²) in [6.45, 7) is 1.74. The fraction of sp³-hybridized carbons (Fsp3) is 0.889. The second-order valence-corrected chi connectivity index (χ2v) is 3.88. The fourth-order valence-corrected chi connectivity index (χ4v) is 2.22. The molecule has 1 nitrogen and oxygen atoms in total. The molecule has 3 atom stereocenters. The number of carbonyl (C=O) groups is 1. The molecule has 56 valence electrons. The van der Waals surface area contributed by atoms with Crippen molar-refractivity contribution in [3.8, 4) is 0 Å². The van der Waals surface area contributed by atoms with Crippen LogP contribution in [0.3, 0.4) is 0 Å². The van der Waals surface area contributed by atoms with Crippen LogP contribution < -0.4 is 0 Å². The Hall–Kier alpha value is -0.330. The van der Waals surface area contributed by atoms with Gasteiger partial charge in [0.25, 0.3) is 0 Å². The zero-order chi connectivity index (χ0) is 7.14. The minimum atomic E-state index is 0.422. The third-order valence-corrected chi connectivity index (χ3v) is 3.12. The predicted molar refractivity (Wildman–Crippen MR) is 39.6 cm³/mol. The number of carbonyl (C=O) groups excluding carboxylic acids is 1. The molecule has 2 saturated carbocycles. The zero-order valence-electron chi connectivity index (χ0n) is 6.47. The van der Waals surface area contributed by atoms with Crippen molar-refractivity contribution in [2.45, 2.75) is 32.6 Å². The van der Waals surface area contributed by atoms with Crippen molar-refractivity contribution in [1.82, 2.24) is 0 Å². The minimum Gasteiger partial charge on any atom is -0.300 e. The Morgan fingerprint density at radius 2 is 2.00 bits per heavy atom. The maximum Gasteiger partial charge on any atom is 0.132 e. The molecular formula is C9H14O. The predicted octanol–water partition coefficient (Wildman–Crippen LogP) is 2.01. The summed E-state index contributed by atoms with van der Waals surface area (Å²) in [6.07, 6.45) is 5.13. The molecule has 3 unspecified atom stereocenters. The van der Waals surface area contributed by atoms with Gasteiger partial charge in [0, 0.05) is 5.92 Å². The summed E-state index contributed by atoms with van der Waals surface area (Å²) in [7, 11) is 0. The lowest BCUT2D eigenvalue weighted by Gasteiger charge is -2.17. The van der Waals surface area contributed by atoms with Gasteiger partial charge in [-0.1, -0.05) is 0 Å². The molecule has 0 radical (unpaired) electrons. The summed E-state index contributed by atoms with van der Waals surface area (Å²) in [5.41, 5.74) is 0. The van der Waals surface area contributed by atoms with Crippen LogP contribution in [0.2, 0.25) is 0 Å². The molecule has 0 spiro atoms. The van der Waals surface area contributed by atoms with Crippen LogP contribution in [-0.4, -0.2) is 5.78 Å². The first-order valence-electron chi connectivity index (χ1n) is 4.28. The fourth-order valence-electron chi connectivity index (χ4n) is 2.22. The van der Waals surface area contributed by atoms with Gasteiger partial charge in [-0.05, 0) is 44.4 Å². The molecule has 0 heterocycles. The van der Waals surface area contributed by atoms with Crippen LogP contribution in [-0.2, 0) is 4.79 Å². The molecule has 0 aromatic rings. The first-order valence-corrected chi connectivity index (χ1v) is 4.28. The van der Waals surface area contributed by atoms with Crippen molar-refractivity contribution in [2.24, 2.45) is 17.8 Å². The highest BCUT2D eigenvalue weighted by molar-refractivity contribution is 5.78. The average Bonchev–Trinajstić information content (AvgIpc) is 2.63. The first-order chi connectivity index (χ1) is 4.77. The van der Waals surface area contributed by atoms with Gasteiger partial charge >= 0.3 is 0 Å². The van der Waals surface area contributed by atoms with E-state index in [1.165, 1.54) is 25.7 Å². The van der Waals surface area contributed by atoms with Gasteiger partial charge in [-0.3, -0.25) is 4.79 Å². The molecule has 0 aromatic carbocycles. The van der Waals surface area contributed by atoms with E-state index in [9.17, 15) is 4.79 Å². The molecule has 2 aliphatic rings. The highest BCUT2D eigenvalue weighted by atomic mass is 16.1. The van der Waals surface area contributed by atoms with E-state index >= 15 is 0 Å². The van der Waals surface area contributed by atoms with Gasteiger partial charge in [-0.2, -0.15) is 0 Å². The Morgan fingerprint density at radius 3 is 2.60 bits per heavy atom. The van der Waals surface area contributed by atoms with Gasteiger partial charge in [-0.25, -0.2) is 0 Å². The summed E-state index contributed by atoms with van der Waals surface area (Å²) >= 11 is 0. The van der Waals surface area contributed by atoms with Crippen molar-refractivity contribution in [2.75, 3.05) is 0 Å². The first kappa shape index (κ1) is 6.38. The number of rotatable bonds is 1. The molecule has 2 aliphatic carbocycles. The Bertz CT molecular complexity index is 162. The Kier molecular flexibility index (Phi) is 1.33. The molecule has 10 heavy (non-hydrogen) atoms. The van der Waals surface area contributed by atoms with E-state index in [2.05, 4.69) is 0 Å². The van der Waals surface area contributed by atoms with E-state index in [0.717, 1.165) is 11.8 Å². The van der Waals surface area contributed by atoms with Crippen LogP contribution in [0.15, 0.2) is 0 Å². The number of hydrogen-bond donors (Lipinski definition) is 0. The van der Waals surface area contributed by atoms with E-state index in [1.807, 2.05) is 0 Å². The molecule has 0 bridgehead atoms. The van der Waals surface area contributed by atoms with Crippen LogP contribution in [0.4, 0.5) is 0 Å². The lowest BCUT2D eigenvalue weighted by atomic mass is 9.87. The summed E-state index contributed by atoms with van der Waals surface area (Å²) < 4.78 is 0. The van der Waals surface area contributed by atoms with Gasteiger partial charge in [-0.15, -0.1) is 0 Å². The molecule has 0 amide bonds. The van der Waals surface area contributed by atoms with Gasteiger partial charge in [0.2, 0.25) is 0 Å².